The number of benzene rings is 2. The highest BCUT2D eigenvalue weighted by molar-refractivity contribution is 7.92. The van der Waals surface area contributed by atoms with Crippen LogP contribution < -0.4 is 9.46 Å². The molecule has 0 spiro atoms. The van der Waals surface area contributed by atoms with Gasteiger partial charge in [-0.25, -0.2) is 13.4 Å². The Hall–Kier alpha value is -2.87. The van der Waals surface area contributed by atoms with Crippen molar-refractivity contribution < 1.29 is 17.9 Å². The van der Waals surface area contributed by atoms with Gasteiger partial charge in [0.25, 0.3) is 0 Å². The molecule has 1 N–H and O–H groups in total. The van der Waals surface area contributed by atoms with Gasteiger partial charge >= 0.3 is 0 Å². The Morgan fingerprint density at radius 1 is 1.19 bits per heavy atom. The molecule has 0 saturated heterocycles. The standard InChI is InChI=1S/C19H21N3O4S/c1-13(23)22-18(15-9-5-7-11-19(15)26-2)12-17(20-22)14-8-4-6-10-16(14)21-27(3,24)25/h4-11,18,21H,12H2,1-3H3/t18-/m0/s1. The van der Waals surface area contributed by atoms with Crippen molar-refractivity contribution in [3.63, 3.8) is 0 Å². The van der Waals surface area contributed by atoms with Gasteiger partial charge in [-0.05, 0) is 12.1 Å². The zero-order valence-electron chi connectivity index (χ0n) is 15.3. The van der Waals surface area contributed by atoms with Crippen LogP contribution in [0.3, 0.4) is 0 Å². The second-order valence-electron chi connectivity index (χ2n) is 6.29. The number of sulfonamides is 1. The Morgan fingerprint density at radius 3 is 2.52 bits per heavy atom. The van der Waals surface area contributed by atoms with E-state index in [1.165, 1.54) is 11.9 Å². The fraction of sp³-hybridized carbons (Fsp3) is 0.263. The van der Waals surface area contributed by atoms with Gasteiger partial charge in [0.1, 0.15) is 5.75 Å². The molecule has 0 radical (unpaired) electrons. The number of hydrogen-bond acceptors (Lipinski definition) is 5. The summed E-state index contributed by atoms with van der Waals surface area (Å²) in [6.07, 6.45) is 1.54. The fourth-order valence-electron chi connectivity index (χ4n) is 3.17. The Morgan fingerprint density at radius 2 is 1.85 bits per heavy atom. The van der Waals surface area contributed by atoms with Gasteiger partial charge in [0.2, 0.25) is 15.9 Å². The van der Waals surface area contributed by atoms with Gasteiger partial charge in [-0.3, -0.25) is 9.52 Å². The summed E-state index contributed by atoms with van der Waals surface area (Å²) in [5.41, 5.74) is 2.56. The third-order valence-corrected chi connectivity index (χ3v) is 4.85. The molecule has 7 nitrogen and oxygen atoms in total. The number of hydrazone groups is 1. The van der Waals surface area contributed by atoms with Crippen molar-refractivity contribution in [1.82, 2.24) is 5.01 Å². The maximum atomic E-state index is 12.2. The first-order valence-electron chi connectivity index (χ1n) is 8.37. The number of nitrogens with one attached hydrogen (secondary N) is 1. The van der Waals surface area contributed by atoms with Gasteiger partial charge in [0, 0.05) is 24.5 Å². The van der Waals surface area contributed by atoms with Crippen LogP contribution in [0.4, 0.5) is 5.69 Å². The molecule has 2 aromatic carbocycles. The molecule has 1 aliphatic heterocycles. The lowest BCUT2D eigenvalue weighted by atomic mass is 9.97. The molecule has 1 amide bonds. The summed E-state index contributed by atoms with van der Waals surface area (Å²) in [6.45, 7) is 1.45. The van der Waals surface area contributed by atoms with Crippen LogP contribution in [-0.4, -0.2) is 38.4 Å². The Labute approximate surface area is 158 Å². The van der Waals surface area contributed by atoms with Crippen molar-refractivity contribution in [2.45, 2.75) is 19.4 Å². The summed E-state index contributed by atoms with van der Waals surface area (Å²) in [5.74, 6) is 0.474. The van der Waals surface area contributed by atoms with E-state index in [0.717, 1.165) is 11.8 Å². The summed E-state index contributed by atoms with van der Waals surface area (Å²) >= 11 is 0. The molecule has 0 bridgehead atoms. The van der Waals surface area contributed by atoms with E-state index in [-0.39, 0.29) is 11.9 Å². The number of anilines is 1. The smallest absolute Gasteiger partial charge is 0.240 e. The maximum Gasteiger partial charge on any atom is 0.240 e. The van der Waals surface area contributed by atoms with Crippen LogP contribution in [0.2, 0.25) is 0 Å². The second kappa shape index (κ2) is 7.40. The van der Waals surface area contributed by atoms with Crippen LogP contribution in [0.15, 0.2) is 53.6 Å². The Balaban J connectivity index is 2.02. The number of methoxy groups -OCH3 is 1. The van der Waals surface area contributed by atoms with E-state index in [2.05, 4.69) is 9.82 Å². The average molecular weight is 387 g/mol. The molecule has 0 aromatic heterocycles. The zero-order chi connectivity index (χ0) is 19.6. The van der Waals surface area contributed by atoms with Gasteiger partial charge in [0.05, 0.1) is 30.8 Å². The quantitative estimate of drug-likeness (QED) is 0.854. The molecular formula is C19H21N3O4S. The zero-order valence-corrected chi connectivity index (χ0v) is 16.2. The normalized spacial score (nSPS) is 16.8. The summed E-state index contributed by atoms with van der Waals surface area (Å²) in [6, 6.07) is 14.2. The number of hydrogen-bond donors (Lipinski definition) is 1. The number of nitrogens with zero attached hydrogens (tertiary/aromatic N) is 2. The first-order chi connectivity index (χ1) is 12.8. The van der Waals surface area contributed by atoms with Crippen molar-refractivity contribution >= 4 is 27.3 Å². The van der Waals surface area contributed by atoms with Crippen LogP contribution >= 0.6 is 0 Å². The highest BCUT2D eigenvalue weighted by Crippen LogP contribution is 2.38. The minimum atomic E-state index is -3.44. The van der Waals surface area contributed by atoms with Gasteiger partial charge in [-0.2, -0.15) is 5.10 Å². The molecule has 2 aromatic rings. The van der Waals surface area contributed by atoms with Crippen LogP contribution in [0.25, 0.3) is 0 Å². The SMILES string of the molecule is COc1ccccc1[C@@H]1CC(c2ccccc2NS(C)(=O)=O)=NN1C(C)=O. The summed E-state index contributed by atoms with van der Waals surface area (Å²) in [7, 11) is -1.86. The molecule has 0 fully saturated rings. The van der Waals surface area contributed by atoms with Crippen LogP contribution in [-0.2, 0) is 14.8 Å². The van der Waals surface area contributed by atoms with E-state index in [1.54, 1.807) is 31.4 Å². The molecule has 27 heavy (non-hydrogen) atoms. The van der Waals surface area contributed by atoms with Crippen molar-refractivity contribution in [1.29, 1.82) is 0 Å². The third kappa shape index (κ3) is 4.11. The highest BCUT2D eigenvalue weighted by atomic mass is 32.2. The molecule has 0 aliphatic carbocycles. The van der Waals surface area contributed by atoms with Gasteiger partial charge in [-0.1, -0.05) is 36.4 Å². The molecule has 1 heterocycles. The topological polar surface area (TPSA) is 88.1 Å². The number of amides is 1. The monoisotopic (exact) mass is 387 g/mol. The van der Waals surface area contributed by atoms with Crippen molar-refractivity contribution in [2.75, 3.05) is 18.1 Å². The first-order valence-corrected chi connectivity index (χ1v) is 10.3. The lowest BCUT2D eigenvalue weighted by molar-refractivity contribution is -0.130. The minimum Gasteiger partial charge on any atom is -0.496 e. The minimum absolute atomic E-state index is 0.200. The second-order valence-corrected chi connectivity index (χ2v) is 8.04. The predicted molar refractivity (Wildman–Crippen MR) is 104 cm³/mol. The molecule has 3 rings (SSSR count). The van der Waals surface area contributed by atoms with Gasteiger partial charge < -0.3 is 4.74 Å². The van der Waals surface area contributed by atoms with E-state index < -0.39 is 10.0 Å². The summed E-state index contributed by atoms with van der Waals surface area (Å²) in [5, 5.41) is 5.91. The van der Waals surface area contributed by atoms with Crippen molar-refractivity contribution in [2.24, 2.45) is 5.10 Å². The van der Waals surface area contributed by atoms with E-state index in [9.17, 15) is 13.2 Å². The number of rotatable bonds is 5. The van der Waals surface area contributed by atoms with Crippen LogP contribution in [0, 0.1) is 0 Å². The van der Waals surface area contributed by atoms with E-state index in [0.29, 0.717) is 29.1 Å². The lowest BCUT2D eigenvalue weighted by Gasteiger charge is -2.22. The van der Waals surface area contributed by atoms with Gasteiger partial charge in [0.15, 0.2) is 0 Å². The maximum absolute atomic E-state index is 12.2. The largest absolute Gasteiger partial charge is 0.496 e. The number of carbonyl (C=O) groups is 1. The van der Waals surface area contributed by atoms with Crippen LogP contribution in [0.1, 0.15) is 30.5 Å². The molecule has 0 saturated carbocycles. The van der Waals surface area contributed by atoms with E-state index in [4.69, 9.17) is 4.74 Å². The summed E-state index contributed by atoms with van der Waals surface area (Å²) < 4.78 is 31.3. The number of ether oxygens (including phenoxy) is 1. The highest BCUT2D eigenvalue weighted by Gasteiger charge is 2.33. The average Bonchev–Trinajstić information content (AvgIpc) is 3.06. The predicted octanol–water partition coefficient (Wildman–Crippen LogP) is 2.76. The molecular weight excluding hydrogens is 366 g/mol. The number of carbonyl (C=O) groups excluding carboxylic acids is 1. The van der Waals surface area contributed by atoms with Crippen LogP contribution in [0.5, 0.6) is 5.75 Å². The van der Waals surface area contributed by atoms with E-state index >= 15 is 0 Å². The Kier molecular flexibility index (Phi) is 5.18. The fourth-order valence-corrected chi connectivity index (χ4v) is 3.75. The molecule has 142 valence electrons. The third-order valence-electron chi connectivity index (χ3n) is 4.26. The first kappa shape index (κ1) is 18.9. The molecule has 1 aliphatic rings. The van der Waals surface area contributed by atoms with Gasteiger partial charge in [-0.15, -0.1) is 0 Å². The van der Waals surface area contributed by atoms with Crippen molar-refractivity contribution in [3.05, 3.63) is 59.7 Å². The molecule has 0 unspecified atom stereocenters. The summed E-state index contributed by atoms with van der Waals surface area (Å²) in [4.78, 5) is 12.2. The molecule has 8 heteroatoms. The van der Waals surface area contributed by atoms with Crippen molar-refractivity contribution in [3.8, 4) is 5.75 Å². The molecule has 1 atom stereocenters. The lowest BCUT2D eigenvalue weighted by Crippen LogP contribution is -2.24. The Bertz CT molecular complexity index is 1000. The number of para-hydroxylation sites is 2. The van der Waals surface area contributed by atoms with E-state index in [1.807, 2.05) is 24.3 Å².